The van der Waals surface area contributed by atoms with E-state index in [1.165, 1.54) is 0 Å². The number of aliphatic hydroxyl groups excluding tert-OH is 1. The van der Waals surface area contributed by atoms with Crippen LogP contribution < -0.4 is 5.32 Å². The molecule has 130 valence electrons. The maximum absolute atomic E-state index is 11.8. The number of aromatic nitrogens is 2. The van der Waals surface area contributed by atoms with Gasteiger partial charge in [-0.2, -0.15) is 0 Å². The van der Waals surface area contributed by atoms with Crippen molar-refractivity contribution in [2.45, 2.75) is 44.9 Å². The molecule has 0 aliphatic carbocycles. The van der Waals surface area contributed by atoms with Gasteiger partial charge in [0.15, 0.2) is 5.78 Å². The number of imidazole rings is 1. The van der Waals surface area contributed by atoms with Crippen LogP contribution in [0.25, 0.3) is 11.0 Å². The molecule has 3 N–H and O–H groups in total. The molecule has 24 heavy (non-hydrogen) atoms. The van der Waals surface area contributed by atoms with Gasteiger partial charge in [0.2, 0.25) is 5.91 Å². The third-order valence-electron chi connectivity index (χ3n) is 3.91. The highest BCUT2D eigenvalue weighted by atomic mass is 16.3. The fourth-order valence-corrected chi connectivity index (χ4v) is 2.57. The summed E-state index contributed by atoms with van der Waals surface area (Å²) in [6.45, 7) is 0.206. The van der Waals surface area contributed by atoms with Crippen molar-refractivity contribution in [1.82, 2.24) is 15.3 Å². The Morgan fingerprint density at radius 1 is 1.08 bits per heavy atom. The van der Waals surface area contributed by atoms with Crippen LogP contribution in [0.1, 0.15) is 44.3 Å². The van der Waals surface area contributed by atoms with Gasteiger partial charge in [-0.25, -0.2) is 4.98 Å². The summed E-state index contributed by atoms with van der Waals surface area (Å²) in [5, 5.41) is 11.5. The third kappa shape index (κ3) is 6.12. The number of aromatic amines is 1. The van der Waals surface area contributed by atoms with Gasteiger partial charge < -0.3 is 15.4 Å². The van der Waals surface area contributed by atoms with E-state index < -0.39 is 0 Å². The molecule has 0 unspecified atom stereocenters. The lowest BCUT2D eigenvalue weighted by molar-refractivity contribution is -0.122. The summed E-state index contributed by atoms with van der Waals surface area (Å²) in [6.07, 6.45) is 5.07. The lowest BCUT2D eigenvalue weighted by Crippen LogP contribution is -2.25. The Labute approximate surface area is 141 Å². The molecule has 1 aromatic carbocycles. The predicted octanol–water partition coefficient (Wildman–Crippen LogP) is 2.12. The second-order valence-electron chi connectivity index (χ2n) is 5.91. The van der Waals surface area contributed by atoms with Crippen molar-refractivity contribution >= 4 is 22.7 Å². The topological polar surface area (TPSA) is 95.1 Å². The average Bonchev–Trinajstić information content (AvgIpc) is 3.00. The Kier molecular flexibility index (Phi) is 7.42. The number of ketones is 1. The highest BCUT2D eigenvalue weighted by Crippen LogP contribution is 2.10. The molecule has 0 bridgehead atoms. The largest absolute Gasteiger partial charge is 0.389 e. The van der Waals surface area contributed by atoms with E-state index in [1.807, 2.05) is 24.3 Å². The number of amides is 1. The Bertz CT molecular complexity index is 633. The fourth-order valence-electron chi connectivity index (χ4n) is 2.57. The number of carbonyl (C=O) groups excluding carboxylic acids is 2. The molecule has 0 fully saturated rings. The van der Waals surface area contributed by atoms with Crippen LogP contribution in [0.4, 0.5) is 0 Å². The van der Waals surface area contributed by atoms with Crippen LogP contribution in [-0.4, -0.2) is 39.9 Å². The van der Waals surface area contributed by atoms with Crippen LogP contribution in [0, 0.1) is 0 Å². The summed E-state index contributed by atoms with van der Waals surface area (Å²) < 4.78 is 0. The zero-order valence-corrected chi connectivity index (χ0v) is 13.9. The first-order valence-corrected chi connectivity index (χ1v) is 8.52. The van der Waals surface area contributed by atoms with Crippen molar-refractivity contribution in [3.8, 4) is 0 Å². The minimum absolute atomic E-state index is 0.0533. The van der Waals surface area contributed by atoms with Crippen LogP contribution in [0.2, 0.25) is 0 Å². The molecule has 1 heterocycles. The molecule has 0 saturated carbocycles. The first-order chi connectivity index (χ1) is 11.7. The summed E-state index contributed by atoms with van der Waals surface area (Å²) in [6, 6.07) is 7.86. The predicted molar refractivity (Wildman–Crippen MR) is 92.6 cm³/mol. The molecule has 6 nitrogen and oxygen atoms in total. The highest BCUT2D eigenvalue weighted by molar-refractivity contribution is 5.79. The molecular weight excluding hydrogens is 306 g/mol. The Hall–Kier alpha value is -2.21. The number of rotatable bonds is 11. The van der Waals surface area contributed by atoms with Gasteiger partial charge in [0.25, 0.3) is 0 Å². The smallest absolute Gasteiger partial charge is 0.220 e. The molecule has 1 aromatic heterocycles. The number of hydrogen-bond donors (Lipinski definition) is 3. The van der Waals surface area contributed by atoms with E-state index in [-0.39, 0.29) is 18.3 Å². The van der Waals surface area contributed by atoms with Crippen LogP contribution in [-0.2, 0) is 16.0 Å². The van der Waals surface area contributed by atoms with E-state index in [0.717, 1.165) is 42.5 Å². The van der Waals surface area contributed by atoms with Gasteiger partial charge >= 0.3 is 0 Å². The molecule has 1 amide bonds. The number of H-pyrrole nitrogens is 1. The fraction of sp³-hybridized carbons (Fsp3) is 0.500. The summed E-state index contributed by atoms with van der Waals surface area (Å²) in [4.78, 5) is 30.4. The Balaban J connectivity index is 1.54. The second kappa shape index (κ2) is 9.82. The van der Waals surface area contributed by atoms with Crippen molar-refractivity contribution in [2.24, 2.45) is 0 Å². The molecule has 0 aliphatic heterocycles. The van der Waals surface area contributed by atoms with E-state index in [9.17, 15) is 9.59 Å². The van der Waals surface area contributed by atoms with E-state index in [2.05, 4.69) is 15.3 Å². The number of hydrogen-bond acceptors (Lipinski definition) is 4. The van der Waals surface area contributed by atoms with E-state index >= 15 is 0 Å². The minimum atomic E-state index is -0.367. The van der Waals surface area contributed by atoms with Crippen LogP contribution in [0.3, 0.4) is 0 Å². The average molecular weight is 331 g/mol. The van der Waals surface area contributed by atoms with Gasteiger partial charge in [0, 0.05) is 25.8 Å². The lowest BCUT2D eigenvalue weighted by atomic mass is 10.1. The number of carbonyl (C=O) groups is 2. The first-order valence-electron chi connectivity index (χ1n) is 8.52. The summed E-state index contributed by atoms with van der Waals surface area (Å²) in [5.41, 5.74) is 1.96. The first kappa shape index (κ1) is 18.1. The van der Waals surface area contributed by atoms with E-state index in [0.29, 0.717) is 25.8 Å². The van der Waals surface area contributed by atoms with Gasteiger partial charge in [0.05, 0.1) is 11.0 Å². The van der Waals surface area contributed by atoms with Gasteiger partial charge in [-0.05, 0) is 25.0 Å². The summed E-state index contributed by atoms with van der Waals surface area (Å²) >= 11 is 0. The minimum Gasteiger partial charge on any atom is -0.389 e. The highest BCUT2D eigenvalue weighted by Gasteiger charge is 2.04. The number of fused-ring (bicyclic) bond motifs is 1. The quantitative estimate of drug-likeness (QED) is 0.550. The summed E-state index contributed by atoms with van der Waals surface area (Å²) in [7, 11) is 0. The van der Waals surface area contributed by atoms with Crippen LogP contribution in [0.15, 0.2) is 24.3 Å². The molecule has 0 aliphatic rings. The van der Waals surface area contributed by atoms with Crippen molar-refractivity contribution in [3.05, 3.63) is 30.1 Å². The zero-order chi connectivity index (χ0) is 17.2. The third-order valence-corrected chi connectivity index (χ3v) is 3.91. The maximum Gasteiger partial charge on any atom is 0.220 e. The van der Waals surface area contributed by atoms with Crippen LogP contribution in [0.5, 0.6) is 0 Å². The number of Topliss-reactive ketones (excluding diaryl/α,β-unsaturated/α-hetero) is 1. The monoisotopic (exact) mass is 331 g/mol. The van der Waals surface area contributed by atoms with E-state index in [4.69, 9.17) is 5.11 Å². The number of unbranched alkanes of at least 4 members (excludes halogenated alkanes) is 3. The molecule has 0 spiro atoms. The van der Waals surface area contributed by atoms with Gasteiger partial charge in [0.1, 0.15) is 12.4 Å². The van der Waals surface area contributed by atoms with Crippen molar-refractivity contribution in [2.75, 3.05) is 13.2 Å². The number of para-hydroxylation sites is 2. The standard InChI is InChI=1S/C18H25N3O3/c22-13-14(23)7-3-1-2-4-10-18(24)19-12-11-17-20-15-8-5-6-9-16(15)21-17/h5-6,8-9,22H,1-4,7,10-13H2,(H,19,24)(H,20,21). The molecule has 2 aromatic rings. The lowest BCUT2D eigenvalue weighted by Gasteiger charge is -2.04. The molecule has 0 saturated heterocycles. The number of benzene rings is 1. The zero-order valence-electron chi connectivity index (χ0n) is 13.9. The van der Waals surface area contributed by atoms with Crippen molar-refractivity contribution < 1.29 is 14.7 Å². The SMILES string of the molecule is O=C(CO)CCCCCCC(=O)NCCc1nc2ccccc2[nH]1. The normalized spacial score (nSPS) is 10.9. The van der Waals surface area contributed by atoms with Gasteiger partial charge in [-0.1, -0.05) is 25.0 Å². The number of aliphatic hydroxyl groups is 1. The molecular formula is C18H25N3O3. The molecule has 6 heteroatoms. The molecule has 0 atom stereocenters. The Morgan fingerprint density at radius 2 is 1.83 bits per heavy atom. The molecule has 2 rings (SSSR count). The number of nitrogens with zero attached hydrogens (tertiary/aromatic N) is 1. The number of nitrogens with one attached hydrogen (secondary N) is 2. The van der Waals surface area contributed by atoms with Crippen LogP contribution >= 0.6 is 0 Å². The van der Waals surface area contributed by atoms with Gasteiger partial charge in [-0.15, -0.1) is 0 Å². The van der Waals surface area contributed by atoms with Crippen molar-refractivity contribution in [3.63, 3.8) is 0 Å². The van der Waals surface area contributed by atoms with E-state index in [1.54, 1.807) is 0 Å². The molecule has 0 radical (unpaired) electrons. The van der Waals surface area contributed by atoms with Gasteiger partial charge in [-0.3, -0.25) is 9.59 Å². The summed E-state index contributed by atoms with van der Waals surface area (Å²) in [5.74, 6) is 0.820. The Morgan fingerprint density at radius 3 is 2.58 bits per heavy atom. The maximum atomic E-state index is 11.8. The second-order valence-corrected chi connectivity index (χ2v) is 5.91. The van der Waals surface area contributed by atoms with Crippen molar-refractivity contribution in [1.29, 1.82) is 0 Å².